The minimum Gasteiger partial charge on any atom is -0.484 e. The minimum absolute atomic E-state index is 0.296. The van der Waals surface area contributed by atoms with Crippen LogP contribution in [0.2, 0.25) is 0 Å². The predicted molar refractivity (Wildman–Crippen MR) is 56.1 cm³/mol. The Balaban J connectivity index is 2.75. The van der Waals surface area contributed by atoms with Gasteiger partial charge in [-0.2, -0.15) is 0 Å². The van der Waals surface area contributed by atoms with E-state index >= 15 is 0 Å². The highest BCUT2D eigenvalue weighted by Crippen LogP contribution is 2.19. The third-order valence-electron chi connectivity index (χ3n) is 1.89. The maximum atomic E-state index is 5.69. The van der Waals surface area contributed by atoms with Crippen molar-refractivity contribution in [1.29, 1.82) is 0 Å². The van der Waals surface area contributed by atoms with Gasteiger partial charge in [-0.15, -0.1) is 0 Å². The van der Waals surface area contributed by atoms with Gasteiger partial charge in [-0.3, -0.25) is 0 Å². The van der Waals surface area contributed by atoms with Crippen LogP contribution in [0.15, 0.2) is 36.9 Å². The van der Waals surface area contributed by atoms with Crippen molar-refractivity contribution in [3.63, 3.8) is 0 Å². The van der Waals surface area contributed by atoms with Gasteiger partial charge in [0.15, 0.2) is 0 Å². The van der Waals surface area contributed by atoms with E-state index in [-0.39, 0.29) is 5.60 Å². The standard InChI is InChI=1S/C12H16O/c1-5-12(3,4)13-11-8-6-10(2)7-9-11/h5-9H,1H2,2-4H3. The van der Waals surface area contributed by atoms with Crippen LogP contribution in [0.4, 0.5) is 0 Å². The summed E-state index contributed by atoms with van der Waals surface area (Å²) in [5.74, 6) is 0.885. The second kappa shape index (κ2) is 3.65. The smallest absolute Gasteiger partial charge is 0.121 e. The molecule has 0 N–H and O–H groups in total. The van der Waals surface area contributed by atoms with Crippen LogP contribution in [-0.4, -0.2) is 5.60 Å². The maximum absolute atomic E-state index is 5.69. The van der Waals surface area contributed by atoms with E-state index in [0.717, 1.165) is 5.75 Å². The lowest BCUT2D eigenvalue weighted by atomic mass is 10.1. The fourth-order valence-electron chi connectivity index (χ4n) is 0.952. The van der Waals surface area contributed by atoms with E-state index in [1.165, 1.54) is 5.56 Å². The quantitative estimate of drug-likeness (QED) is 0.642. The SMILES string of the molecule is C=CC(C)(C)Oc1ccc(C)cc1. The summed E-state index contributed by atoms with van der Waals surface area (Å²) in [7, 11) is 0. The zero-order valence-corrected chi connectivity index (χ0v) is 8.50. The highest BCUT2D eigenvalue weighted by Gasteiger charge is 2.13. The number of rotatable bonds is 3. The van der Waals surface area contributed by atoms with E-state index in [1.54, 1.807) is 6.08 Å². The van der Waals surface area contributed by atoms with Crippen molar-refractivity contribution in [1.82, 2.24) is 0 Å². The highest BCUT2D eigenvalue weighted by atomic mass is 16.5. The van der Waals surface area contributed by atoms with Crippen LogP contribution in [0.1, 0.15) is 19.4 Å². The van der Waals surface area contributed by atoms with Crippen molar-refractivity contribution in [3.05, 3.63) is 42.5 Å². The third kappa shape index (κ3) is 2.94. The summed E-state index contributed by atoms with van der Waals surface area (Å²) in [5.41, 5.74) is 0.943. The van der Waals surface area contributed by atoms with Crippen LogP contribution in [0, 0.1) is 6.92 Å². The number of aryl methyl sites for hydroxylation is 1. The van der Waals surface area contributed by atoms with Crippen LogP contribution >= 0.6 is 0 Å². The second-order valence-corrected chi connectivity index (χ2v) is 3.72. The first kappa shape index (κ1) is 9.85. The molecule has 0 saturated carbocycles. The summed E-state index contributed by atoms with van der Waals surface area (Å²) in [5, 5.41) is 0. The summed E-state index contributed by atoms with van der Waals surface area (Å²) in [6, 6.07) is 8.02. The molecule has 0 aliphatic heterocycles. The first-order valence-corrected chi connectivity index (χ1v) is 4.43. The highest BCUT2D eigenvalue weighted by molar-refractivity contribution is 5.27. The lowest BCUT2D eigenvalue weighted by Crippen LogP contribution is -2.24. The molecule has 0 radical (unpaired) electrons. The van der Waals surface area contributed by atoms with Crippen molar-refractivity contribution >= 4 is 0 Å². The molecule has 1 rings (SSSR count). The Morgan fingerprint density at radius 1 is 1.23 bits per heavy atom. The van der Waals surface area contributed by atoms with Gasteiger partial charge in [0.1, 0.15) is 11.4 Å². The molecule has 0 heterocycles. The van der Waals surface area contributed by atoms with Crippen molar-refractivity contribution in [3.8, 4) is 5.75 Å². The number of benzene rings is 1. The molecule has 1 nitrogen and oxygen atoms in total. The first-order chi connectivity index (χ1) is 6.03. The van der Waals surface area contributed by atoms with Gasteiger partial charge in [-0.05, 0) is 39.0 Å². The first-order valence-electron chi connectivity index (χ1n) is 4.43. The lowest BCUT2D eigenvalue weighted by molar-refractivity contribution is 0.162. The lowest BCUT2D eigenvalue weighted by Gasteiger charge is -2.22. The Bertz CT molecular complexity index is 282. The number of hydrogen-bond donors (Lipinski definition) is 0. The molecule has 1 aromatic rings. The second-order valence-electron chi connectivity index (χ2n) is 3.72. The van der Waals surface area contributed by atoms with Gasteiger partial charge < -0.3 is 4.74 Å². The molecule has 0 bridgehead atoms. The average molecular weight is 176 g/mol. The largest absolute Gasteiger partial charge is 0.484 e. The Kier molecular flexibility index (Phi) is 2.76. The molecule has 0 saturated heterocycles. The fourth-order valence-corrected chi connectivity index (χ4v) is 0.952. The van der Waals surface area contributed by atoms with Crippen molar-refractivity contribution in [2.45, 2.75) is 26.4 Å². The van der Waals surface area contributed by atoms with Gasteiger partial charge in [-0.25, -0.2) is 0 Å². The molecular weight excluding hydrogens is 160 g/mol. The van der Waals surface area contributed by atoms with Crippen molar-refractivity contribution in [2.75, 3.05) is 0 Å². The molecule has 13 heavy (non-hydrogen) atoms. The molecule has 0 amide bonds. The van der Waals surface area contributed by atoms with Crippen LogP contribution in [0.3, 0.4) is 0 Å². The normalized spacial score (nSPS) is 11.0. The molecule has 1 heteroatoms. The molecule has 0 atom stereocenters. The molecule has 0 aliphatic carbocycles. The van der Waals surface area contributed by atoms with Gasteiger partial charge in [0.05, 0.1) is 0 Å². The monoisotopic (exact) mass is 176 g/mol. The summed E-state index contributed by atoms with van der Waals surface area (Å²) in [4.78, 5) is 0. The molecular formula is C12H16O. The van der Waals surface area contributed by atoms with Gasteiger partial charge in [0, 0.05) is 0 Å². The Morgan fingerprint density at radius 3 is 2.23 bits per heavy atom. The fraction of sp³-hybridized carbons (Fsp3) is 0.333. The Labute approximate surface area is 80.0 Å². The molecule has 0 aromatic heterocycles. The van der Waals surface area contributed by atoms with E-state index in [2.05, 4.69) is 13.5 Å². The van der Waals surface area contributed by atoms with Crippen LogP contribution < -0.4 is 4.74 Å². The topological polar surface area (TPSA) is 9.23 Å². The maximum Gasteiger partial charge on any atom is 0.121 e. The summed E-state index contributed by atoms with van der Waals surface area (Å²) in [6.07, 6.45) is 1.80. The van der Waals surface area contributed by atoms with Gasteiger partial charge in [-0.1, -0.05) is 24.3 Å². The summed E-state index contributed by atoms with van der Waals surface area (Å²) < 4.78 is 5.69. The molecule has 70 valence electrons. The Hall–Kier alpha value is -1.24. The molecule has 0 spiro atoms. The number of hydrogen-bond acceptors (Lipinski definition) is 1. The molecule has 0 aliphatic rings. The average Bonchev–Trinajstić information content (AvgIpc) is 2.09. The third-order valence-corrected chi connectivity index (χ3v) is 1.89. The van der Waals surface area contributed by atoms with Crippen LogP contribution in [0.25, 0.3) is 0 Å². The van der Waals surface area contributed by atoms with Crippen molar-refractivity contribution in [2.24, 2.45) is 0 Å². The zero-order chi connectivity index (χ0) is 9.90. The Morgan fingerprint density at radius 2 is 1.77 bits per heavy atom. The molecule has 0 unspecified atom stereocenters. The van der Waals surface area contributed by atoms with Gasteiger partial charge in [0.25, 0.3) is 0 Å². The number of ether oxygens (including phenoxy) is 1. The van der Waals surface area contributed by atoms with E-state index in [1.807, 2.05) is 38.1 Å². The van der Waals surface area contributed by atoms with Gasteiger partial charge in [0.2, 0.25) is 0 Å². The zero-order valence-electron chi connectivity index (χ0n) is 8.50. The van der Waals surface area contributed by atoms with E-state index in [9.17, 15) is 0 Å². The summed E-state index contributed by atoms with van der Waals surface area (Å²) >= 11 is 0. The minimum atomic E-state index is -0.296. The van der Waals surface area contributed by atoms with Gasteiger partial charge >= 0.3 is 0 Å². The van der Waals surface area contributed by atoms with E-state index in [0.29, 0.717) is 0 Å². The molecule has 0 fully saturated rings. The van der Waals surface area contributed by atoms with Crippen LogP contribution in [-0.2, 0) is 0 Å². The van der Waals surface area contributed by atoms with E-state index in [4.69, 9.17) is 4.74 Å². The van der Waals surface area contributed by atoms with Crippen LogP contribution in [0.5, 0.6) is 5.75 Å². The van der Waals surface area contributed by atoms with E-state index < -0.39 is 0 Å². The van der Waals surface area contributed by atoms with Crippen molar-refractivity contribution < 1.29 is 4.74 Å². The molecule has 1 aromatic carbocycles. The summed E-state index contributed by atoms with van der Waals surface area (Å²) in [6.45, 7) is 9.75. The predicted octanol–water partition coefficient (Wildman–Crippen LogP) is 3.34.